The van der Waals surface area contributed by atoms with Gasteiger partial charge in [-0.15, -0.1) is 0 Å². The zero-order valence-electron chi connectivity index (χ0n) is 11.1. The molecule has 0 saturated carbocycles. The second-order valence-corrected chi connectivity index (χ2v) is 4.07. The number of rotatable bonds is 7. The fourth-order valence-electron chi connectivity index (χ4n) is 1.69. The molecule has 1 rings (SSSR count). The van der Waals surface area contributed by atoms with E-state index in [1.807, 2.05) is 13.8 Å². The van der Waals surface area contributed by atoms with Crippen molar-refractivity contribution in [3.05, 3.63) is 17.5 Å². The Balaban J connectivity index is 2.87. The number of carbonyl (C=O) groups is 2. The number of nitrogens with zero attached hydrogens (tertiary/aromatic N) is 2. The van der Waals surface area contributed by atoms with Crippen molar-refractivity contribution in [2.75, 3.05) is 6.61 Å². The van der Waals surface area contributed by atoms with Crippen LogP contribution in [0.5, 0.6) is 0 Å². The van der Waals surface area contributed by atoms with Gasteiger partial charge in [-0.2, -0.15) is 5.10 Å². The van der Waals surface area contributed by atoms with Crippen LogP contribution in [0.15, 0.2) is 6.07 Å². The van der Waals surface area contributed by atoms with E-state index in [9.17, 15) is 9.59 Å². The molecule has 3 N–H and O–H groups in total. The summed E-state index contributed by atoms with van der Waals surface area (Å²) in [6.45, 7) is 4.01. The van der Waals surface area contributed by atoms with Crippen LogP contribution in [0.25, 0.3) is 0 Å². The van der Waals surface area contributed by atoms with E-state index in [1.165, 1.54) is 4.68 Å². The number of aliphatic hydroxyl groups is 1. The zero-order chi connectivity index (χ0) is 14.4. The van der Waals surface area contributed by atoms with E-state index in [4.69, 9.17) is 10.2 Å². The average Bonchev–Trinajstić information content (AvgIpc) is 2.81. The molecule has 106 valence electrons. The minimum absolute atomic E-state index is 0.0258. The van der Waals surface area contributed by atoms with Crippen LogP contribution < -0.4 is 5.32 Å². The molecule has 0 aliphatic carbocycles. The number of aromatic nitrogens is 2. The minimum Gasteiger partial charge on any atom is -0.480 e. The van der Waals surface area contributed by atoms with Gasteiger partial charge >= 0.3 is 5.97 Å². The first kappa shape index (κ1) is 15.2. The molecule has 0 bridgehead atoms. The van der Waals surface area contributed by atoms with E-state index in [2.05, 4.69) is 10.4 Å². The van der Waals surface area contributed by atoms with Crippen molar-refractivity contribution < 1.29 is 19.8 Å². The van der Waals surface area contributed by atoms with Gasteiger partial charge in [0.25, 0.3) is 5.91 Å². The van der Waals surface area contributed by atoms with E-state index in [1.54, 1.807) is 6.07 Å². The Hall–Kier alpha value is -1.89. The van der Waals surface area contributed by atoms with E-state index in [-0.39, 0.29) is 13.0 Å². The lowest BCUT2D eigenvalue weighted by atomic mass is 10.2. The van der Waals surface area contributed by atoms with Crippen LogP contribution in [0, 0.1) is 0 Å². The summed E-state index contributed by atoms with van der Waals surface area (Å²) >= 11 is 0. The summed E-state index contributed by atoms with van der Waals surface area (Å²) in [5.74, 6) is -1.66. The van der Waals surface area contributed by atoms with Gasteiger partial charge in [0.15, 0.2) is 0 Å². The topological polar surface area (TPSA) is 104 Å². The monoisotopic (exact) mass is 269 g/mol. The van der Waals surface area contributed by atoms with Gasteiger partial charge in [0.2, 0.25) is 0 Å². The Morgan fingerprint density at radius 2 is 2.16 bits per heavy atom. The number of hydrogen-bond donors (Lipinski definition) is 3. The Morgan fingerprint density at radius 3 is 2.63 bits per heavy atom. The number of aryl methyl sites for hydroxylation is 2. The summed E-state index contributed by atoms with van der Waals surface area (Å²) in [5, 5.41) is 24.3. The third-order valence-electron chi connectivity index (χ3n) is 2.75. The first-order valence-electron chi connectivity index (χ1n) is 6.24. The molecule has 1 amide bonds. The second-order valence-electron chi connectivity index (χ2n) is 4.07. The van der Waals surface area contributed by atoms with E-state index in [0.717, 1.165) is 5.69 Å². The van der Waals surface area contributed by atoms with Crippen molar-refractivity contribution in [3.8, 4) is 0 Å². The Labute approximate surface area is 111 Å². The number of hydrogen-bond acceptors (Lipinski definition) is 4. The van der Waals surface area contributed by atoms with Gasteiger partial charge in [0, 0.05) is 19.6 Å². The lowest BCUT2D eigenvalue weighted by Gasteiger charge is -2.13. The molecular weight excluding hydrogens is 250 g/mol. The van der Waals surface area contributed by atoms with Crippen LogP contribution >= 0.6 is 0 Å². The van der Waals surface area contributed by atoms with Crippen molar-refractivity contribution in [1.82, 2.24) is 15.1 Å². The number of amides is 1. The fourth-order valence-corrected chi connectivity index (χ4v) is 1.69. The fraction of sp³-hybridized carbons (Fsp3) is 0.583. The van der Waals surface area contributed by atoms with Gasteiger partial charge in [0.1, 0.15) is 11.7 Å². The van der Waals surface area contributed by atoms with Crippen LogP contribution in [0.3, 0.4) is 0 Å². The van der Waals surface area contributed by atoms with Crippen LogP contribution in [0.1, 0.15) is 36.5 Å². The Kier molecular flexibility index (Phi) is 5.50. The molecule has 0 spiro atoms. The molecule has 19 heavy (non-hydrogen) atoms. The van der Waals surface area contributed by atoms with Crippen molar-refractivity contribution in [3.63, 3.8) is 0 Å². The van der Waals surface area contributed by atoms with E-state index in [0.29, 0.717) is 18.7 Å². The SMILES string of the molecule is CCc1cc(C(=O)N[C@H](CCO)C(=O)O)n(CC)n1. The van der Waals surface area contributed by atoms with Gasteiger partial charge in [-0.25, -0.2) is 4.79 Å². The summed E-state index contributed by atoms with van der Waals surface area (Å²) in [5.41, 5.74) is 1.12. The highest BCUT2D eigenvalue weighted by Crippen LogP contribution is 2.06. The average molecular weight is 269 g/mol. The number of aliphatic carboxylic acids is 1. The largest absolute Gasteiger partial charge is 0.480 e. The summed E-state index contributed by atoms with van der Waals surface area (Å²) < 4.78 is 1.53. The number of carboxylic acid groups (broad SMARTS) is 1. The maximum atomic E-state index is 12.0. The van der Waals surface area contributed by atoms with Crippen LogP contribution in [0.2, 0.25) is 0 Å². The van der Waals surface area contributed by atoms with E-state index < -0.39 is 17.9 Å². The third-order valence-corrected chi connectivity index (χ3v) is 2.75. The normalized spacial score (nSPS) is 12.2. The molecule has 0 aliphatic rings. The lowest BCUT2D eigenvalue weighted by Crippen LogP contribution is -2.42. The maximum absolute atomic E-state index is 12.0. The Bertz CT molecular complexity index is 456. The molecule has 0 saturated heterocycles. The second kappa shape index (κ2) is 6.89. The smallest absolute Gasteiger partial charge is 0.326 e. The van der Waals surface area contributed by atoms with Gasteiger partial charge < -0.3 is 15.5 Å². The number of carbonyl (C=O) groups excluding carboxylic acids is 1. The molecule has 1 atom stereocenters. The predicted octanol–water partition coefficient (Wildman–Crippen LogP) is 0.0308. The van der Waals surface area contributed by atoms with Gasteiger partial charge in [0.05, 0.1) is 5.69 Å². The zero-order valence-corrected chi connectivity index (χ0v) is 11.1. The van der Waals surface area contributed by atoms with Crippen LogP contribution in [-0.4, -0.2) is 44.5 Å². The van der Waals surface area contributed by atoms with Gasteiger partial charge in [-0.3, -0.25) is 9.48 Å². The van der Waals surface area contributed by atoms with Crippen molar-refractivity contribution in [2.45, 2.75) is 39.3 Å². The highest BCUT2D eigenvalue weighted by Gasteiger charge is 2.22. The summed E-state index contributed by atoms with van der Waals surface area (Å²) in [4.78, 5) is 23.0. The number of aliphatic hydroxyl groups excluding tert-OH is 1. The highest BCUT2D eigenvalue weighted by molar-refractivity contribution is 5.95. The lowest BCUT2D eigenvalue weighted by molar-refractivity contribution is -0.139. The standard InChI is InChI=1S/C12H19N3O4/c1-3-8-7-10(15(4-2)14-8)11(17)13-9(5-6-16)12(18)19/h7,9,16H,3-6H2,1-2H3,(H,13,17)(H,18,19)/t9-/m1/s1. The molecule has 0 aliphatic heterocycles. The molecule has 0 radical (unpaired) electrons. The number of carboxylic acids is 1. The van der Waals surface area contributed by atoms with Crippen molar-refractivity contribution in [1.29, 1.82) is 0 Å². The minimum atomic E-state index is -1.17. The van der Waals surface area contributed by atoms with Gasteiger partial charge in [-0.1, -0.05) is 6.92 Å². The maximum Gasteiger partial charge on any atom is 0.326 e. The van der Waals surface area contributed by atoms with Gasteiger partial charge in [-0.05, 0) is 19.4 Å². The van der Waals surface area contributed by atoms with E-state index >= 15 is 0 Å². The summed E-state index contributed by atoms with van der Waals surface area (Å²) in [6, 6.07) is 0.555. The molecule has 7 heteroatoms. The predicted molar refractivity (Wildman–Crippen MR) is 67.9 cm³/mol. The van der Waals surface area contributed by atoms with Crippen molar-refractivity contribution in [2.24, 2.45) is 0 Å². The molecule has 1 aromatic heterocycles. The third kappa shape index (κ3) is 3.78. The molecule has 1 heterocycles. The molecule has 0 unspecified atom stereocenters. The quantitative estimate of drug-likeness (QED) is 0.648. The summed E-state index contributed by atoms with van der Waals surface area (Å²) in [7, 11) is 0. The molecule has 1 aromatic rings. The molecule has 7 nitrogen and oxygen atoms in total. The highest BCUT2D eigenvalue weighted by atomic mass is 16.4. The van der Waals surface area contributed by atoms with Crippen LogP contribution in [-0.2, 0) is 17.8 Å². The molecule has 0 fully saturated rings. The number of nitrogens with one attached hydrogen (secondary N) is 1. The summed E-state index contributed by atoms with van der Waals surface area (Å²) in [6.07, 6.45) is 0.675. The first-order chi connectivity index (χ1) is 9.03. The Morgan fingerprint density at radius 1 is 1.47 bits per heavy atom. The van der Waals surface area contributed by atoms with Crippen LogP contribution in [0.4, 0.5) is 0 Å². The molecule has 0 aromatic carbocycles. The molecular formula is C12H19N3O4. The van der Waals surface area contributed by atoms with Crippen molar-refractivity contribution >= 4 is 11.9 Å². The first-order valence-corrected chi connectivity index (χ1v) is 6.24.